The molecule has 0 unspecified atom stereocenters. The smallest absolute Gasteiger partial charge is 0.251 e. The molecule has 0 atom stereocenters. The number of rotatable bonds is 10. The average Bonchev–Trinajstić information content (AvgIpc) is 3.17. The van der Waals surface area contributed by atoms with Crippen LogP contribution in [0.2, 0.25) is 5.02 Å². The summed E-state index contributed by atoms with van der Waals surface area (Å²) in [5, 5.41) is 3.65. The summed E-state index contributed by atoms with van der Waals surface area (Å²) < 4.78 is 8.06. The molecule has 6 heteroatoms. The van der Waals surface area contributed by atoms with E-state index in [2.05, 4.69) is 16.0 Å². The van der Waals surface area contributed by atoms with E-state index in [4.69, 9.17) is 21.3 Å². The second-order valence-corrected chi connectivity index (χ2v) is 8.43. The monoisotopic (exact) mass is 461 g/mol. The number of unbranched alkanes of at least 4 members (excludes halogenated alkanes) is 1. The highest BCUT2D eigenvalue weighted by Crippen LogP contribution is 2.23. The number of fused-ring (bicyclic) bond motifs is 1. The van der Waals surface area contributed by atoms with Gasteiger partial charge in [-0.1, -0.05) is 53.6 Å². The lowest BCUT2D eigenvalue weighted by Gasteiger charge is -2.11. The van der Waals surface area contributed by atoms with Crippen LogP contribution in [0.1, 0.15) is 34.6 Å². The maximum absolute atomic E-state index is 12.4. The number of nitrogens with zero attached hydrogens (tertiary/aromatic N) is 2. The third-order valence-electron chi connectivity index (χ3n) is 5.55. The number of hydrogen-bond donors (Lipinski definition) is 1. The molecule has 3 aromatic carbocycles. The zero-order valence-corrected chi connectivity index (χ0v) is 19.5. The number of nitrogens with one attached hydrogen (secondary N) is 1. The number of para-hydroxylation sites is 3. The van der Waals surface area contributed by atoms with Crippen LogP contribution in [0.4, 0.5) is 0 Å². The van der Waals surface area contributed by atoms with Gasteiger partial charge in [0.25, 0.3) is 5.91 Å². The molecule has 1 amide bonds. The standard InChI is InChI=1S/C27H28ClN3O2/c1-20-12-14-21(15-13-20)27(32)29-17-16-26-30-23-9-3-4-10-24(23)31(26)18-6-7-19-33-25-11-5-2-8-22(25)28/h2-5,8-15H,6-7,16-19H2,1H3,(H,29,32). The van der Waals surface area contributed by atoms with Gasteiger partial charge >= 0.3 is 0 Å². The van der Waals surface area contributed by atoms with Crippen molar-refractivity contribution >= 4 is 28.5 Å². The molecule has 0 spiro atoms. The van der Waals surface area contributed by atoms with Crippen LogP contribution in [-0.2, 0) is 13.0 Å². The molecular weight excluding hydrogens is 434 g/mol. The molecule has 0 radical (unpaired) electrons. The first-order valence-electron chi connectivity index (χ1n) is 11.3. The van der Waals surface area contributed by atoms with Crippen molar-refractivity contribution in [2.45, 2.75) is 32.7 Å². The first-order chi connectivity index (χ1) is 16.1. The molecule has 1 heterocycles. The lowest BCUT2D eigenvalue weighted by molar-refractivity contribution is 0.0954. The Morgan fingerprint density at radius 1 is 1.00 bits per heavy atom. The van der Waals surface area contributed by atoms with Gasteiger partial charge < -0.3 is 14.6 Å². The Kier molecular flexibility index (Phi) is 7.63. The number of amides is 1. The van der Waals surface area contributed by atoms with Crippen molar-refractivity contribution < 1.29 is 9.53 Å². The van der Waals surface area contributed by atoms with Crippen molar-refractivity contribution in [3.05, 3.63) is 94.8 Å². The summed E-state index contributed by atoms with van der Waals surface area (Å²) >= 11 is 6.15. The Balaban J connectivity index is 1.33. The summed E-state index contributed by atoms with van der Waals surface area (Å²) in [6.45, 7) is 3.99. The van der Waals surface area contributed by atoms with Gasteiger partial charge in [0, 0.05) is 25.1 Å². The van der Waals surface area contributed by atoms with E-state index in [1.807, 2.05) is 73.7 Å². The molecule has 170 valence electrons. The Bertz CT molecular complexity index is 1220. The van der Waals surface area contributed by atoms with Gasteiger partial charge in [-0.2, -0.15) is 0 Å². The molecule has 0 bridgehead atoms. The van der Waals surface area contributed by atoms with E-state index in [9.17, 15) is 4.79 Å². The fourth-order valence-electron chi connectivity index (χ4n) is 3.78. The molecule has 0 saturated heterocycles. The second-order valence-electron chi connectivity index (χ2n) is 8.03. The van der Waals surface area contributed by atoms with Gasteiger partial charge in [0.15, 0.2) is 0 Å². The summed E-state index contributed by atoms with van der Waals surface area (Å²) in [4.78, 5) is 17.2. The Labute approximate surface area is 199 Å². The van der Waals surface area contributed by atoms with E-state index in [1.54, 1.807) is 0 Å². The predicted octanol–water partition coefficient (Wildman–Crippen LogP) is 5.83. The predicted molar refractivity (Wildman–Crippen MR) is 133 cm³/mol. The highest BCUT2D eigenvalue weighted by molar-refractivity contribution is 6.32. The molecule has 0 aliphatic rings. The summed E-state index contributed by atoms with van der Waals surface area (Å²) in [5.41, 5.74) is 3.90. The number of ether oxygens (including phenoxy) is 1. The van der Waals surface area contributed by atoms with Crippen LogP contribution < -0.4 is 10.1 Å². The summed E-state index contributed by atoms with van der Waals surface area (Å²) in [7, 11) is 0. The Morgan fingerprint density at radius 2 is 1.76 bits per heavy atom. The average molecular weight is 462 g/mol. The number of hydrogen-bond acceptors (Lipinski definition) is 3. The van der Waals surface area contributed by atoms with Crippen LogP contribution in [0.25, 0.3) is 11.0 Å². The normalized spacial score (nSPS) is 11.0. The van der Waals surface area contributed by atoms with E-state index in [0.29, 0.717) is 30.2 Å². The Hall–Kier alpha value is -3.31. The third kappa shape index (κ3) is 5.93. The topological polar surface area (TPSA) is 56.2 Å². The molecule has 0 aliphatic heterocycles. The molecule has 0 fully saturated rings. The van der Waals surface area contributed by atoms with Crippen molar-refractivity contribution in [1.29, 1.82) is 0 Å². The van der Waals surface area contributed by atoms with Crippen molar-refractivity contribution in [2.24, 2.45) is 0 Å². The van der Waals surface area contributed by atoms with Gasteiger partial charge in [-0.3, -0.25) is 4.79 Å². The van der Waals surface area contributed by atoms with Crippen LogP contribution >= 0.6 is 11.6 Å². The fraction of sp³-hybridized carbons (Fsp3) is 0.259. The molecule has 1 aromatic heterocycles. The van der Waals surface area contributed by atoms with Crippen molar-refractivity contribution in [3.8, 4) is 5.75 Å². The zero-order valence-electron chi connectivity index (χ0n) is 18.8. The van der Waals surface area contributed by atoms with Crippen molar-refractivity contribution in [3.63, 3.8) is 0 Å². The summed E-state index contributed by atoms with van der Waals surface area (Å²) in [5.74, 6) is 1.64. The Morgan fingerprint density at radius 3 is 2.58 bits per heavy atom. The molecular formula is C27H28ClN3O2. The van der Waals surface area contributed by atoms with Gasteiger partial charge in [-0.25, -0.2) is 4.98 Å². The summed E-state index contributed by atoms with van der Waals surface area (Å²) in [6.07, 6.45) is 2.53. The number of aryl methyl sites for hydroxylation is 2. The van der Waals surface area contributed by atoms with E-state index >= 15 is 0 Å². The molecule has 5 nitrogen and oxygen atoms in total. The fourth-order valence-corrected chi connectivity index (χ4v) is 3.97. The minimum atomic E-state index is -0.0608. The van der Waals surface area contributed by atoms with Crippen LogP contribution in [0.3, 0.4) is 0 Å². The highest BCUT2D eigenvalue weighted by atomic mass is 35.5. The number of halogens is 1. The molecule has 4 rings (SSSR count). The van der Waals surface area contributed by atoms with Crippen LogP contribution in [0.5, 0.6) is 5.75 Å². The SMILES string of the molecule is Cc1ccc(C(=O)NCCc2nc3ccccc3n2CCCCOc2ccccc2Cl)cc1. The maximum atomic E-state index is 12.4. The minimum absolute atomic E-state index is 0.0608. The molecule has 0 saturated carbocycles. The van der Waals surface area contributed by atoms with Gasteiger partial charge in [0.1, 0.15) is 11.6 Å². The maximum Gasteiger partial charge on any atom is 0.251 e. The molecule has 1 N–H and O–H groups in total. The van der Waals surface area contributed by atoms with E-state index in [0.717, 1.165) is 47.6 Å². The lowest BCUT2D eigenvalue weighted by Crippen LogP contribution is -2.26. The number of benzene rings is 3. The zero-order chi connectivity index (χ0) is 23.0. The van der Waals surface area contributed by atoms with Crippen LogP contribution in [0, 0.1) is 6.92 Å². The first-order valence-corrected chi connectivity index (χ1v) is 11.7. The molecule has 33 heavy (non-hydrogen) atoms. The number of carbonyl (C=O) groups is 1. The largest absolute Gasteiger partial charge is 0.492 e. The molecule has 0 aliphatic carbocycles. The van der Waals surface area contributed by atoms with Crippen molar-refractivity contribution in [1.82, 2.24) is 14.9 Å². The van der Waals surface area contributed by atoms with E-state index in [-0.39, 0.29) is 5.91 Å². The van der Waals surface area contributed by atoms with Crippen molar-refractivity contribution in [2.75, 3.05) is 13.2 Å². The van der Waals surface area contributed by atoms with Gasteiger partial charge in [-0.15, -0.1) is 0 Å². The third-order valence-corrected chi connectivity index (χ3v) is 5.86. The highest BCUT2D eigenvalue weighted by Gasteiger charge is 2.11. The van der Waals surface area contributed by atoms with E-state index < -0.39 is 0 Å². The van der Waals surface area contributed by atoms with Crippen LogP contribution in [0.15, 0.2) is 72.8 Å². The second kappa shape index (κ2) is 11.0. The van der Waals surface area contributed by atoms with E-state index in [1.165, 1.54) is 0 Å². The van der Waals surface area contributed by atoms with Gasteiger partial charge in [0.2, 0.25) is 0 Å². The summed E-state index contributed by atoms with van der Waals surface area (Å²) in [6, 6.07) is 23.3. The minimum Gasteiger partial charge on any atom is -0.492 e. The molecule has 4 aromatic rings. The number of imidazole rings is 1. The van der Waals surface area contributed by atoms with Crippen LogP contribution in [-0.4, -0.2) is 28.6 Å². The first kappa shape index (κ1) is 22.9. The lowest BCUT2D eigenvalue weighted by atomic mass is 10.1. The number of aromatic nitrogens is 2. The quantitative estimate of drug-likeness (QED) is 0.302. The van der Waals surface area contributed by atoms with Gasteiger partial charge in [-0.05, 0) is 56.2 Å². The van der Waals surface area contributed by atoms with Gasteiger partial charge in [0.05, 0.1) is 22.7 Å². The number of carbonyl (C=O) groups excluding carboxylic acids is 1.